The molecular formula is C20H26F2N4OS. The standard InChI is InChI=1S/C20H26F2N4OS/c1-11-7-18-23-16(8-17(19(21)22)26(18)24-11)14-5-4-6-25(9-14)20(27)15-10-28-13(3)12(15)2/h7,10,14,16-17,19,23H,4-6,8-9H2,1-3H3/t14-,16+,17-/m1/s1. The number of aromatic nitrogens is 2. The van der Waals surface area contributed by atoms with Crippen molar-refractivity contribution in [2.75, 3.05) is 18.4 Å². The van der Waals surface area contributed by atoms with E-state index in [0.717, 1.165) is 41.1 Å². The molecule has 1 amide bonds. The third-order valence-electron chi connectivity index (χ3n) is 6.12. The summed E-state index contributed by atoms with van der Waals surface area (Å²) in [6, 6.07) is 0.830. The van der Waals surface area contributed by atoms with Crippen LogP contribution >= 0.6 is 11.3 Å². The van der Waals surface area contributed by atoms with E-state index < -0.39 is 12.5 Å². The van der Waals surface area contributed by atoms with E-state index in [1.165, 1.54) is 4.68 Å². The fraction of sp³-hybridized carbons (Fsp3) is 0.600. The minimum Gasteiger partial charge on any atom is -0.367 e. The summed E-state index contributed by atoms with van der Waals surface area (Å²) in [5.74, 6) is 0.878. The van der Waals surface area contributed by atoms with Crippen molar-refractivity contribution in [2.45, 2.75) is 58.5 Å². The second kappa shape index (κ2) is 7.46. The lowest BCUT2D eigenvalue weighted by atomic mass is 9.85. The molecule has 0 aromatic carbocycles. The maximum Gasteiger partial charge on any atom is 0.260 e. The van der Waals surface area contributed by atoms with Gasteiger partial charge in [0.05, 0.1) is 11.3 Å². The van der Waals surface area contributed by atoms with Crippen molar-refractivity contribution in [1.29, 1.82) is 0 Å². The molecule has 28 heavy (non-hydrogen) atoms. The molecule has 2 aliphatic rings. The molecule has 0 unspecified atom stereocenters. The number of carbonyl (C=O) groups is 1. The SMILES string of the molecule is Cc1cc2n(n1)[C@@H](C(F)F)C[C@@H]([C@@H]1CCCN(C(=O)c3csc(C)c3C)C1)N2. The van der Waals surface area contributed by atoms with Gasteiger partial charge in [0.2, 0.25) is 0 Å². The highest BCUT2D eigenvalue weighted by Gasteiger charge is 2.39. The molecule has 1 N–H and O–H groups in total. The van der Waals surface area contributed by atoms with Gasteiger partial charge in [-0.25, -0.2) is 13.5 Å². The van der Waals surface area contributed by atoms with Crippen LogP contribution in [-0.2, 0) is 0 Å². The zero-order chi connectivity index (χ0) is 20.0. The summed E-state index contributed by atoms with van der Waals surface area (Å²) >= 11 is 1.60. The van der Waals surface area contributed by atoms with Gasteiger partial charge in [0, 0.05) is 35.5 Å². The minimum atomic E-state index is -2.46. The van der Waals surface area contributed by atoms with E-state index in [9.17, 15) is 13.6 Å². The highest BCUT2D eigenvalue weighted by atomic mass is 32.1. The molecular weight excluding hydrogens is 382 g/mol. The third-order valence-corrected chi connectivity index (χ3v) is 7.14. The fourth-order valence-corrected chi connectivity index (χ4v) is 5.28. The van der Waals surface area contributed by atoms with E-state index >= 15 is 0 Å². The molecule has 1 fully saturated rings. The molecule has 0 aliphatic carbocycles. The van der Waals surface area contributed by atoms with Crippen LogP contribution in [0.5, 0.6) is 0 Å². The number of likely N-dealkylation sites (tertiary alicyclic amines) is 1. The summed E-state index contributed by atoms with van der Waals surface area (Å²) in [6.07, 6.45) is -0.296. The Hall–Kier alpha value is -1.96. The molecule has 0 radical (unpaired) electrons. The molecule has 0 bridgehead atoms. The Balaban J connectivity index is 1.52. The molecule has 0 saturated carbocycles. The van der Waals surface area contributed by atoms with Crippen LogP contribution in [0.25, 0.3) is 0 Å². The van der Waals surface area contributed by atoms with Crippen LogP contribution in [0.15, 0.2) is 11.4 Å². The highest BCUT2D eigenvalue weighted by Crippen LogP contribution is 2.37. The number of hydrogen-bond donors (Lipinski definition) is 1. The second-order valence-electron chi connectivity index (χ2n) is 7.99. The van der Waals surface area contributed by atoms with Crippen LogP contribution in [-0.4, -0.2) is 46.1 Å². The Morgan fingerprint density at radius 2 is 2.14 bits per heavy atom. The van der Waals surface area contributed by atoms with Gasteiger partial charge in [0.1, 0.15) is 11.9 Å². The number of fused-ring (bicyclic) bond motifs is 1. The van der Waals surface area contributed by atoms with Crippen molar-refractivity contribution < 1.29 is 13.6 Å². The first-order valence-electron chi connectivity index (χ1n) is 9.80. The average molecular weight is 409 g/mol. The predicted octanol–water partition coefficient (Wildman–Crippen LogP) is 4.41. The van der Waals surface area contributed by atoms with Crippen LogP contribution in [0.1, 0.15) is 51.8 Å². The van der Waals surface area contributed by atoms with Crippen molar-refractivity contribution in [3.63, 3.8) is 0 Å². The first-order valence-corrected chi connectivity index (χ1v) is 10.7. The summed E-state index contributed by atoms with van der Waals surface area (Å²) in [5.41, 5.74) is 2.56. The molecule has 4 rings (SSSR count). The number of aryl methyl sites for hydroxylation is 2. The molecule has 152 valence electrons. The molecule has 0 spiro atoms. The van der Waals surface area contributed by atoms with Crippen LogP contribution in [0, 0.1) is 26.7 Å². The quantitative estimate of drug-likeness (QED) is 0.818. The van der Waals surface area contributed by atoms with Gasteiger partial charge in [0.25, 0.3) is 12.3 Å². The first-order chi connectivity index (χ1) is 13.3. The summed E-state index contributed by atoms with van der Waals surface area (Å²) in [5, 5.41) is 9.59. The van der Waals surface area contributed by atoms with Crippen molar-refractivity contribution in [3.8, 4) is 0 Å². The Kier molecular flexibility index (Phi) is 5.16. The molecule has 8 heteroatoms. The smallest absolute Gasteiger partial charge is 0.260 e. The summed E-state index contributed by atoms with van der Waals surface area (Å²) in [7, 11) is 0. The number of piperidine rings is 1. The zero-order valence-electron chi connectivity index (χ0n) is 16.4. The van der Waals surface area contributed by atoms with Crippen molar-refractivity contribution in [1.82, 2.24) is 14.7 Å². The highest BCUT2D eigenvalue weighted by molar-refractivity contribution is 7.10. The Morgan fingerprint density at radius 3 is 2.82 bits per heavy atom. The molecule has 3 atom stereocenters. The van der Waals surface area contributed by atoms with Gasteiger partial charge in [-0.1, -0.05) is 0 Å². The van der Waals surface area contributed by atoms with Gasteiger partial charge >= 0.3 is 0 Å². The number of nitrogens with zero attached hydrogens (tertiary/aromatic N) is 3. The van der Waals surface area contributed by atoms with Crippen LogP contribution in [0.2, 0.25) is 0 Å². The molecule has 2 aromatic rings. The number of halogens is 2. The Morgan fingerprint density at radius 1 is 1.36 bits per heavy atom. The lowest BCUT2D eigenvalue weighted by molar-refractivity contribution is 0.0505. The number of hydrogen-bond acceptors (Lipinski definition) is 4. The van der Waals surface area contributed by atoms with Crippen LogP contribution in [0.3, 0.4) is 0 Å². The normalized spacial score (nSPS) is 24.9. The molecule has 2 aliphatic heterocycles. The zero-order valence-corrected chi connectivity index (χ0v) is 17.2. The topological polar surface area (TPSA) is 50.2 Å². The van der Waals surface area contributed by atoms with Crippen molar-refractivity contribution >= 4 is 23.1 Å². The molecule has 1 saturated heterocycles. The monoisotopic (exact) mass is 408 g/mol. The van der Waals surface area contributed by atoms with Crippen molar-refractivity contribution in [3.05, 3.63) is 33.1 Å². The van der Waals surface area contributed by atoms with E-state index in [0.29, 0.717) is 18.8 Å². The van der Waals surface area contributed by atoms with Gasteiger partial charge in [-0.15, -0.1) is 11.3 Å². The number of thiophene rings is 1. The van der Waals surface area contributed by atoms with Crippen LogP contribution < -0.4 is 5.32 Å². The lowest BCUT2D eigenvalue weighted by Gasteiger charge is -2.41. The molecule has 5 nitrogen and oxygen atoms in total. The van der Waals surface area contributed by atoms with Crippen molar-refractivity contribution in [2.24, 2.45) is 5.92 Å². The number of alkyl halides is 2. The predicted molar refractivity (Wildman–Crippen MR) is 106 cm³/mol. The maximum atomic E-state index is 13.7. The van der Waals surface area contributed by atoms with E-state index in [1.54, 1.807) is 11.3 Å². The number of anilines is 1. The van der Waals surface area contributed by atoms with Gasteiger partial charge in [-0.2, -0.15) is 5.10 Å². The van der Waals surface area contributed by atoms with Gasteiger partial charge < -0.3 is 10.2 Å². The van der Waals surface area contributed by atoms with E-state index in [1.807, 2.05) is 37.1 Å². The third kappa shape index (κ3) is 3.43. The summed E-state index contributed by atoms with van der Waals surface area (Å²) in [4.78, 5) is 16.1. The largest absolute Gasteiger partial charge is 0.367 e. The summed E-state index contributed by atoms with van der Waals surface area (Å²) in [6.45, 7) is 7.16. The maximum absolute atomic E-state index is 13.7. The summed E-state index contributed by atoms with van der Waals surface area (Å²) < 4.78 is 28.8. The Labute approximate surface area is 167 Å². The first kappa shape index (κ1) is 19.4. The van der Waals surface area contributed by atoms with Gasteiger partial charge in [-0.05, 0) is 51.5 Å². The van der Waals surface area contributed by atoms with E-state index in [-0.39, 0.29) is 17.9 Å². The minimum absolute atomic E-state index is 0.0636. The van der Waals surface area contributed by atoms with Crippen LogP contribution in [0.4, 0.5) is 14.6 Å². The van der Waals surface area contributed by atoms with E-state index in [2.05, 4.69) is 10.4 Å². The molecule has 2 aromatic heterocycles. The number of amides is 1. The number of rotatable bonds is 3. The fourth-order valence-electron chi connectivity index (χ4n) is 4.42. The Bertz CT molecular complexity index is 878. The second-order valence-corrected chi connectivity index (χ2v) is 9.07. The molecule has 4 heterocycles. The lowest BCUT2D eigenvalue weighted by Crippen LogP contribution is -2.48. The van der Waals surface area contributed by atoms with Gasteiger partial charge in [-0.3, -0.25) is 4.79 Å². The average Bonchev–Trinajstić information content (AvgIpc) is 3.21. The van der Waals surface area contributed by atoms with Gasteiger partial charge in [0.15, 0.2) is 0 Å². The number of carbonyl (C=O) groups excluding carboxylic acids is 1. The number of nitrogens with one attached hydrogen (secondary N) is 1. The van der Waals surface area contributed by atoms with E-state index in [4.69, 9.17) is 0 Å².